The Morgan fingerprint density at radius 1 is 1.14 bits per heavy atom. The highest BCUT2D eigenvalue weighted by molar-refractivity contribution is 7.92. The fraction of sp³-hybridized carbons (Fsp3) is 0.533. The standard InChI is InChI=1S/C15H23ClN2O3S/c1-5-14(15(19)17(6-2)7-3)18(22(4,20)21)13-10-8-12(16)9-11-13/h8-11,14H,5-7H2,1-4H3. The van der Waals surface area contributed by atoms with Gasteiger partial charge in [0, 0.05) is 18.1 Å². The minimum atomic E-state index is -3.59. The van der Waals surface area contributed by atoms with Crippen molar-refractivity contribution < 1.29 is 13.2 Å². The highest BCUT2D eigenvalue weighted by atomic mass is 35.5. The first-order chi connectivity index (χ1) is 10.3. The van der Waals surface area contributed by atoms with Crippen molar-refractivity contribution >= 4 is 33.2 Å². The summed E-state index contributed by atoms with van der Waals surface area (Å²) in [7, 11) is -3.59. The van der Waals surface area contributed by atoms with Crippen LogP contribution < -0.4 is 4.31 Å². The highest BCUT2D eigenvalue weighted by Crippen LogP contribution is 2.25. The Labute approximate surface area is 137 Å². The van der Waals surface area contributed by atoms with Crippen LogP contribution >= 0.6 is 11.6 Å². The molecule has 1 unspecified atom stereocenters. The Morgan fingerprint density at radius 2 is 1.64 bits per heavy atom. The number of sulfonamides is 1. The number of rotatable bonds is 7. The van der Waals surface area contributed by atoms with Crippen LogP contribution in [0.4, 0.5) is 5.69 Å². The molecule has 0 bridgehead atoms. The zero-order chi connectivity index (χ0) is 16.9. The molecular formula is C15H23ClN2O3S. The molecule has 0 N–H and O–H groups in total. The molecule has 0 fully saturated rings. The quantitative estimate of drug-likeness (QED) is 0.762. The zero-order valence-electron chi connectivity index (χ0n) is 13.4. The van der Waals surface area contributed by atoms with Crippen molar-refractivity contribution in [2.24, 2.45) is 0 Å². The van der Waals surface area contributed by atoms with Gasteiger partial charge in [0.25, 0.3) is 0 Å². The van der Waals surface area contributed by atoms with Gasteiger partial charge < -0.3 is 4.90 Å². The summed E-state index contributed by atoms with van der Waals surface area (Å²) in [5.74, 6) is -0.187. The van der Waals surface area contributed by atoms with Gasteiger partial charge >= 0.3 is 0 Å². The van der Waals surface area contributed by atoms with Crippen LogP contribution in [0.5, 0.6) is 0 Å². The van der Waals surface area contributed by atoms with Crippen molar-refractivity contribution in [2.45, 2.75) is 33.2 Å². The largest absolute Gasteiger partial charge is 0.341 e. The number of anilines is 1. The Kier molecular flexibility index (Phi) is 6.68. The van der Waals surface area contributed by atoms with Crippen molar-refractivity contribution in [2.75, 3.05) is 23.7 Å². The number of likely N-dealkylation sites (N-methyl/N-ethyl adjacent to an activating group) is 1. The van der Waals surface area contributed by atoms with Gasteiger partial charge in [0.2, 0.25) is 15.9 Å². The monoisotopic (exact) mass is 346 g/mol. The smallest absolute Gasteiger partial charge is 0.246 e. The van der Waals surface area contributed by atoms with Gasteiger partial charge in [-0.2, -0.15) is 0 Å². The molecule has 1 amide bonds. The summed E-state index contributed by atoms with van der Waals surface area (Å²) in [6.07, 6.45) is 1.50. The third kappa shape index (κ3) is 4.36. The molecule has 0 saturated carbocycles. The summed E-state index contributed by atoms with van der Waals surface area (Å²) in [6, 6.07) is 5.70. The summed E-state index contributed by atoms with van der Waals surface area (Å²) in [6.45, 7) is 6.65. The first kappa shape index (κ1) is 18.8. The van der Waals surface area contributed by atoms with Crippen molar-refractivity contribution in [3.05, 3.63) is 29.3 Å². The normalized spacial score (nSPS) is 12.8. The van der Waals surface area contributed by atoms with Crippen LogP contribution in [0.15, 0.2) is 24.3 Å². The van der Waals surface area contributed by atoms with E-state index >= 15 is 0 Å². The maximum atomic E-state index is 12.7. The van der Waals surface area contributed by atoms with Crippen molar-refractivity contribution in [1.82, 2.24) is 4.90 Å². The molecular weight excluding hydrogens is 324 g/mol. The molecule has 0 aromatic heterocycles. The molecule has 1 atom stereocenters. The minimum absolute atomic E-state index is 0.187. The van der Waals surface area contributed by atoms with E-state index in [0.717, 1.165) is 6.26 Å². The maximum Gasteiger partial charge on any atom is 0.246 e. The molecule has 1 rings (SSSR count). The average molecular weight is 347 g/mol. The first-order valence-electron chi connectivity index (χ1n) is 7.29. The Morgan fingerprint density at radius 3 is 2.00 bits per heavy atom. The van der Waals surface area contributed by atoms with E-state index in [9.17, 15) is 13.2 Å². The van der Waals surface area contributed by atoms with Gasteiger partial charge in [0.05, 0.1) is 11.9 Å². The number of carbonyl (C=O) groups excluding carboxylic acids is 1. The lowest BCUT2D eigenvalue weighted by atomic mass is 10.1. The van der Waals surface area contributed by atoms with Crippen molar-refractivity contribution in [1.29, 1.82) is 0 Å². The maximum absolute atomic E-state index is 12.7. The van der Waals surface area contributed by atoms with Gasteiger partial charge in [0.1, 0.15) is 6.04 Å². The summed E-state index contributed by atoms with van der Waals surface area (Å²) in [5.41, 5.74) is 0.444. The summed E-state index contributed by atoms with van der Waals surface area (Å²) < 4.78 is 25.7. The summed E-state index contributed by atoms with van der Waals surface area (Å²) >= 11 is 5.86. The number of hydrogen-bond donors (Lipinski definition) is 0. The number of carbonyl (C=O) groups is 1. The van der Waals surface area contributed by atoms with Gasteiger partial charge in [0.15, 0.2) is 0 Å². The van der Waals surface area contributed by atoms with Gasteiger partial charge in [-0.05, 0) is 44.5 Å². The Hall–Kier alpha value is -1.27. The van der Waals surface area contributed by atoms with Crippen LogP contribution in [-0.4, -0.2) is 44.6 Å². The predicted molar refractivity (Wildman–Crippen MR) is 90.8 cm³/mol. The van der Waals surface area contributed by atoms with Crippen LogP contribution in [0.2, 0.25) is 5.02 Å². The van der Waals surface area contributed by atoms with Gasteiger partial charge in [-0.25, -0.2) is 8.42 Å². The van der Waals surface area contributed by atoms with Gasteiger partial charge in [-0.1, -0.05) is 18.5 Å². The molecule has 124 valence electrons. The van der Waals surface area contributed by atoms with E-state index in [-0.39, 0.29) is 5.91 Å². The zero-order valence-corrected chi connectivity index (χ0v) is 15.0. The van der Waals surface area contributed by atoms with Crippen LogP contribution in [0.3, 0.4) is 0 Å². The average Bonchev–Trinajstić information content (AvgIpc) is 2.45. The minimum Gasteiger partial charge on any atom is -0.341 e. The topological polar surface area (TPSA) is 57.7 Å². The van der Waals surface area contributed by atoms with E-state index in [2.05, 4.69) is 0 Å². The molecule has 22 heavy (non-hydrogen) atoms. The van der Waals surface area contributed by atoms with Gasteiger partial charge in [-0.15, -0.1) is 0 Å². The third-order valence-electron chi connectivity index (χ3n) is 3.47. The van der Waals surface area contributed by atoms with Crippen LogP contribution in [0.1, 0.15) is 27.2 Å². The van der Waals surface area contributed by atoms with E-state index in [1.807, 2.05) is 13.8 Å². The molecule has 0 spiro atoms. The molecule has 1 aromatic rings. The molecule has 0 aliphatic carbocycles. The Balaban J connectivity index is 3.31. The highest BCUT2D eigenvalue weighted by Gasteiger charge is 2.33. The third-order valence-corrected chi connectivity index (χ3v) is 4.90. The molecule has 5 nitrogen and oxygen atoms in total. The van der Waals surface area contributed by atoms with Crippen LogP contribution in [0, 0.1) is 0 Å². The number of hydrogen-bond acceptors (Lipinski definition) is 3. The molecule has 1 aromatic carbocycles. The van der Waals surface area contributed by atoms with E-state index in [0.29, 0.717) is 30.2 Å². The second-order valence-corrected chi connectivity index (χ2v) is 7.27. The van der Waals surface area contributed by atoms with E-state index in [1.54, 1.807) is 36.1 Å². The molecule has 0 heterocycles. The molecule has 0 aliphatic rings. The van der Waals surface area contributed by atoms with Crippen molar-refractivity contribution in [3.8, 4) is 0 Å². The van der Waals surface area contributed by atoms with Gasteiger partial charge in [-0.3, -0.25) is 9.10 Å². The predicted octanol–water partition coefficient (Wildman–Crippen LogP) is 2.75. The number of nitrogens with zero attached hydrogens (tertiary/aromatic N) is 2. The number of benzene rings is 1. The number of amides is 1. The summed E-state index contributed by atoms with van der Waals surface area (Å²) in [4.78, 5) is 14.3. The molecule has 0 saturated heterocycles. The second kappa shape index (κ2) is 7.83. The number of halogens is 1. The van der Waals surface area contributed by atoms with E-state index in [1.165, 1.54) is 4.31 Å². The lowest BCUT2D eigenvalue weighted by Crippen LogP contribution is -2.50. The molecule has 0 radical (unpaired) electrons. The van der Waals surface area contributed by atoms with E-state index < -0.39 is 16.1 Å². The second-order valence-electron chi connectivity index (χ2n) is 4.97. The first-order valence-corrected chi connectivity index (χ1v) is 9.52. The lowest BCUT2D eigenvalue weighted by Gasteiger charge is -2.33. The molecule has 0 aliphatic heterocycles. The van der Waals surface area contributed by atoms with Crippen LogP contribution in [-0.2, 0) is 14.8 Å². The Bertz CT molecular complexity index is 598. The summed E-state index contributed by atoms with van der Waals surface area (Å²) in [5, 5.41) is 0.514. The van der Waals surface area contributed by atoms with Crippen molar-refractivity contribution in [3.63, 3.8) is 0 Å². The van der Waals surface area contributed by atoms with E-state index in [4.69, 9.17) is 11.6 Å². The fourth-order valence-corrected chi connectivity index (χ4v) is 3.71. The fourth-order valence-electron chi connectivity index (χ4n) is 2.38. The SMILES string of the molecule is CCC(C(=O)N(CC)CC)N(c1ccc(Cl)cc1)S(C)(=O)=O. The lowest BCUT2D eigenvalue weighted by molar-refractivity contribution is -0.132. The molecule has 7 heteroatoms. The van der Waals surface area contributed by atoms with Crippen LogP contribution in [0.25, 0.3) is 0 Å².